The first-order valence-corrected chi connectivity index (χ1v) is 6.12. The molecule has 2 heterocycles. The van der Waals surface area contributed by atoms with E-state index in [1.807, 2.05) is 0 Å². The van der Waals surface area contributed by atoms with Gasteiger partial charge in [0.1, 0.15) is 10.3 Å². The monoisotopic (exact) mass is 286 g/mol. The highest BCUT2D eigenvalue weighted by Gasteiger charge is 2.27. The van der Waals surface area contributed by atoms with Crippen LogP contribution in [0.1, 0.15) is 19.8 Å². The summed E-state index contributed by atoms with van der Waals surface area (Å²) in [7, 11) is 0. The number of aromatic nitrogens is 2. The van der Waals surface area contributed by atoms with Gasteiger partial charge >= 0.3 is 0 Å². The van der Waals surface area contributed by atoms with Gasteiger partial charge in [-0.1, -0.05) is 0 Å². The molecule has 1 fully saturated rings. The molecule has 1 aromatic heterocycles. The van der Waals surface area contributed by atoms with Crippen molar-refractivity contribution in [1.82, 2.24) is 15.3 Å². The van der Waals surface area contributed by atoms with E-state index >= 15 is 0 Å². The molecule has 1 saturated heterocycles. The molecule has 0 atom stereocenters. The molecule has 0 spiro atoms. The van der Waals surface area contributed by atoms with E-state index in [1.54, 1.807) is 0 Å². The van der Waals surface area contributed by atoms with Crippen LogP contribution >= 0.6 is 15.9 Å². The topological polar surface area (TPSA) is 69.8 Å². The molecule has 1 aliphatic rings. The second kappa shape index (κ2) is 4.55. The highest BCUT2D eigenvalue weighted by molar-refractivity contribution is 9.10. The van der Waals surface area contributed by atoms with E-state index in [0.717, 1.165) is 25.9 Å². The quantitative estimate of drug-likeness (QED) is 0.761. The lowest BCUT2D eigenvalue weighted by molar-refractivity contribution is 0.364. The van der Waals surface area contributed by atoms with Crippen LogP contribution in [0.4, 0.5) is 5.82 Å². The van der Waals surface area contributed by atoms with E-state index in [9.17, 15) is 4.79 Å². The van der Waals surface area contributed by atoms with Gasteiger partial charge in [0.2, 0.25) is 0 Å². The summed E-state index contributed by atoms with van der Waals surface area (Å²) in [6.07, 6.45) is 3.46. The zero-order valence-corrected chi connectivity index (χ0v) is 10.7. The third-order valence-electron chi connectivity index (χ3n) is 2.92. The fraction of sp³-hybridized carbons (Fsp3) is 0.600. The molecule has 6 heteroatoms. The summed E-state index contributed by atoms with van der Waals surface area (Å²) in [5.74, 6) is 0.619. The Bertz CT molecular complexity index is 425. The molecule has 0 bridgehead atoms. The Morgan fingerprint density at radius 1 is 1.50 bits per heavy atom. The Balaban J connectivity index is 2.19. The van der Waals surface area contributed by atoms with Crippen LogP contribution in [0.5, 0.6) is 0 Å². The summed E-state index contributed by atoms with van der Waals surface area (Å²) in [6, 6.07) is 0. The van der Waals surface area contributed by atoms with Crippen LogP contribution in [0.3, 0.4) is 0 Å². The number of anilines is 1. The number of H-pyrrole nitrogens is 1. The number of hydrogen-bond donors (Lipinski definition) is 3. The summed E-state index contributed by atoms with van der Waals surface area (Å²) >= 11 is 3.25. The predicted molar refractivity (Wildman–Crippen MR) is 66.7 cm³/mol. The Kier molecular flexibility index (Phi) is 3.30. The Morgan fingerprint density at radius 3 is 2.88 bits per heavy atom. The van der Waals surface area contributed by atoms with Crippen LogP contribution in [0, 0.1) is 0 Å². The van der Waals surface area contributed by atoms with Gasteiger partial charge in [-0.05, 0) is 48.8 Å². The van der Waals surface area contributed by atoms with Gasteiger partial charge in [0, 0.05) is 5.54 Å². The summed E-state index contributed by atoms with van der Waals surface area (Å²) in [4.78, 5) is 18.1. The number of rotatable bonds is 2. The number of nitrogens with one attached hydrogen (secondary N) is 3. The van der Waals surface area contributed by atoms with Gasteiger partial charge < -0.3 is 15.6 Å². The van der Waals surface area contributed by atoms with Crippen LogP contribution in [0.25, 0.3) is 0 Å². The average molecular weight is 287 g/mol. The smallest absolute Gasteiger partial charge is 0.267 e. The van der Waals surface area contributed by atoms with Crippen molar-refractivity contribution in [3.63, 3.8) is 0 Å². The van der Waals surface area contributed by atoms with Crippen molar-refractivity contribution >= 4 is 21.7 Å². The summed E-state index contributed by atoms with van der Waals surface area (Å²) < 4.78 is 0.467. The molecule has 1 aliphatic heterocycles. The van der Waals surface area contributed by atoms with Crippen LogP contribution in [0.2, 0.25) is 0 Å². The Hall–Kier alpha value is -0.880. The fourth-order valence-electron chi connectivity index (χ4n) is 1.86. The van der Waals surface area contributed by atoms with Crippen molar-refractivity contribution in [1.29, 1.82) is 0 Å². The maximum Gasteiger partial charge on any atom is 0.267 e. The largest absolute Gasteiger partial charge is 0.364 e. The molecule has 88 valence electrons. The third-order valence-corrected chi connectivity index (χ3v) is 3.66. The number of aromatic amines is 1. The van der Waals surface area contributed by atoms with Crippen LogP contribution in [-0.4, -0.2) is 28.6 Å². The SMILES string of the molecule is CC1(Nc2nc[nH]c(=O)c2Br)CCNCC1. The minimum absolute atomic E-state index is 0.00850. The molecule has 0 aromatic carbocycles. The average Bonchev–Trinajstić information content (AvgIpc) is 2.26. The van der Waals surface area contributed by atoms with E-state index < -0.39 is 0 Å². The normalized spacial score (nSPS) is 19.4. The van der Waals surface area contributed by atoms with Crippen molar-refractivity contribution < 1.29 is 0 Å². The minimum atomic E-state index is -0.157. The summed E-state index contributed by atoms with van der Waals surface area (Å²) in [5.41, 5.74) is -0.149. The van der Waals surface area contributed by atoms with Gasteiger partial charge in [0.25, 0.3) is 5.56 Å². The van der Waals surface area contributed by atoms with Gasteiger partial charge in [-0.25, -0.2) is 4.98 Å². The molecule has 16 heavy (non-hydrogen) atoms. The van der Waals surface area contributed by atoms with Crippen molar-refractivity contribution in [2.75, 3.05) is 18.4 Å². The molecule has 0 unspecified atom stereocenters. The number of halogens is 1. The van der Waals surface area contributed by atoms with Gasteiger partial charge in [-0.15, -0.1) is 0 Å². The molecular formula is C10H15BrN4O. The first kappa shape index (κ1) is 11.6. The zero-order valence-electron chi connectivity index (χ0n) is 9.14. The Labute approximate surface area is 102 Å². The van der Waals surface area contributed by atoms with E-state index in [0.29, 0.717) is 10.3 Å². The van der Waals surface area contributed by atoms with Crippen molar-refractivity contribution in [2.24, 2.45) is 0 Å². The van der Waals surface area contributed by atoms with Crippen LogP contribution in [0.15, 0.2) is 15.6 Å². The second-order valence-corrected chi connectivity index (χ2v) is 5.12. The summed E-state index contributed by atoms with van der Waals surface area (Å²) in [5, 5.41) is 6.66. The van der Waals surface area contributed by atoms with Crippen molar-refractivity contribution in [3.8, 4) is 0 Å². The summed E-state index contributed by atoms with van der Waals surface area (Å²) in [6.45, 7) is 4.14. The molecule has 2 rings (SSSR count). The lowest BCUT2D eigenvalue weighted by Crippen LogP contribution is -2.45. The minimum Gasteiger partial charge on any atom is -0.364 e. The standard InChI is InChI=1S/C10H15BrN4O/c1-10(2-4-12-5-3-10)15-8-7(11)9(16)14-6-13-8/h6,12H,2-5H2,1H3,(H2,13,14,15,16). The van der Waals surface area contributed by atoms with Crippen molar-refractivity contribution in [2.45, 2.75) is 25.3 Å². The lowest BCUT2D eigenvalue weighted by Gasteiger charge is -2.35. The molecule has 0 saturated carbocycles. The number of piperidine rings is 1. The van der Waals surface area contributed by atoms with Crippen LogP contribution < -0.4 is 16.2 Å². The maximum atomic E-state index is 11.4. The van der Waals surface area contributed by atoms with Crippen LogP contribution in [-0.2, 0) is 0 Å². The maximum absolute atomic E-state index is 11.4. The third kappa shape index (κ3) is 2.44. The fourth-order valence-corrected chi connectivity index (χ4v) is 2.18. The van der Waals surface area contributed by atoms with Gasteiger partial charge in [0.05, 0.1) is 6.33 Å². The second-order valence-electron chi connectivity index (χ2n) is 4.33. The molecule has 5 nitrogen and oxygen atoms in total. The first-order valence-electron chi connectivity index (χ1n) is 5.33. The number of nitrogens with zero attached hydrogens (tertiary/aromatic N) is 1. The molecule has 1 aromatic rings. The molecule has 0 amide bonds. The zero-order chi connectivity index (χ0) is 11.6. The van der Waals surface area contributed by atoms with E-state index in [1.165, 1.54) is 6.33 Å². The molecule has 3 N–H and O–H groups in total. The predicted octanol–water partition coefficient (Wildman–Crippen LogP) is 1.09. The molecule has 0 radical (unpaired) electrons. The highest BCUT2D eigenvalue weighted by Crippen LogP contribution is 2.25. The lowest BCUT2D eigenvalue weighted by atomic mass is 9.91. The van der Waals surface area contributed by atoms with Gasteiger partial charge in [-0.2, -0.15) is 0 Å². The van der Waals surface area contributed by atoms with E-state index in [4.69, 9.17) is 0 Å². The molecular weight excluding hydrogens is 272 g/mol. The van der Waals surface area contributed by atoms with Gasteiger partial charge in [0.15, 0.2) is 0 Å². The Morgan fingerprint density at radius 2 is 2.19 bits per heavy atom. The number of hydrogen-bond acceptors (Lipinski definition) is 4. The van der Waals surface area contributed by atoms with E-state index in [-0.39, 0.29) is 11.1 Å². The highest BCUT2D eigenvalue weighted by atomic mass is 79.9. The first-order chi connectivity index (χ1) is 7.61. The van der Waals surface area contributed by atoms with Crippen molar-refractivity contribution in [3.05, 3.63) is 21.2 Å². The van der Waals surface area contributed by atoms with E-state index in [2.05, 4.69) is 43.5 Å². The van der Waals surface area contributed by atoms with Gasteiger partial charge in [-0.3, -0.25) is 4.79 Å². The molecule has 0 aliphatic carbocycles.